The maximum absolute atomic E-state index is 14.4. The molecule has 67 heavy (non-hydrogen) atoms. The maximum atomic E-state index is 14.4. The Balaban J connectivity index is 1.02. The van der Waals surface area contributed by atoms with E-state index in [0.717, 1.165) is 38.9 Å². The lowest BCUT2D eigenvalue weighted by Crippen LogP contribution is -2.52. The first-order chi connectivity index (χ1) is 33.0. The first-order valence-electron chi connectivity index (χ1n) is 22.6. The van der Waals surface area contributed by atoms with E-state index in [1.807, 2.05) is 97.2 Å². The average molecular weight is 908 g/mol. The largest absolute Gasteiger partial charge is 0.465 e. The van der Waals surface area contributed by atoms with Crippen LogP contribution in [0.4, 0.5) is 4.79 Å². The molecular weight excluding hydrogens is 851 g/mol. The second-order valence-corrected chi connectivity index (χ2v) is 15.8. The van der Waals surface area contributed by atoms with Crippen molar-refractivity contribution in [3.63, 3.8) is 0 Å². The Morgan fingerprint density at radius 1 is 0.672 bits per heavy atom. The van der Waals surface area contributed by atoms with Crippen molar-refractivity contribution in [3.05, 3.63) is 196 Å². The third kappa shape index (κ3) is 12.3. The summed E-state index contributed by atoms with van der Waals surface area (Å²) in [6, 6.07) is 45.6. The van der Waals surface area contributed by atoms with Crippen molar-refractivity contribution in [3.8, 4) is 11.1 Å². The van der Waals surface area contributed by atoms with Crippen molar-refractivity contribution in [2.24, 2.45) is 5.11 Å². The van der Waals surface area contributed by atoms with Gasteiger partial charge in [0.05, 0.1) is 78.1 Å². The number of amides is 2. The Hall–Kier alpha value is -6.84. The molecular formula is C52H57N7O8. The Morgan fingerprint density at radius 3 is 1.60 bits per heavy atom. The minimum Gasteiger partial charge on any atom is -0.465 e. The molecule has 1 aliphatic carbocycles. The molecule has 0 saturated carbocycles. The van der Waals surface area contributed by atoms with Gasteiger partial charge in [-0.05, 0) is 44.5 Å². The van der Waals surface area contributed by atoms with Gasteiger partial charge in [-0.2, -0.15) is 0 Å². The highest BCUT2D eigenvalue weighted by atomic mass is 16.6. The maximum Gasteiger partial charge on any atom is 0.408 e. The summed E-state index contributed by atoms with van der Waals surface area (Å²) in [6.45, 7) is 4.14. The van der Waals surface area contributed by atoms with Gasteiger partial charge in [0.15, 0.2) is 0 Å². The molecule has 0 fully saturated rings. The highest BCUT2D eigenvalue weighted by Gasteiger charge is 2.40. The first-order valence-corrected chi connectivity index (χ1v) is 22.6. The van der Waals surface area contributed by atoms with Crippen molar-refractivity contribution in [2.75, 3.05) is 85.7 Å². The summed E-state index contributed by atoms with van der Waals surface area (Å²) in [4.78, 5) is 36.7. The molecule has 0 spiro atoms. The number of fused-ring (bicyclic) bond motifs is 3. The minimum absolute atomic E-state index is 0.0209. The molecule has 2 amide bonds. The van der Waals surface area contributed by atoms with Gasteiger partial charge >= 0.3 is 6.09 Å². The molecule has 1 atom stereocenters. The zero-order valence-electron chi connectivity index (χ0n) is 37.5. The first kappa shape index (κ1) is 48.1. The number of hydrogen-bond donors (Lipinski definition) is 2. The molecule has 348 valence electrons. The van der Waals surface area contributed by atoms with Crippen LogP contribution in [-0.4, -0.2) is 123 Å². The smallest absolute Gasteiger partial charge is 0.408 e. The van der Waals surface area contributed by atoms with E-state index >= 15 is 0 Å². The van der Waals surface area contributed by atoms with E-state index in [9.17, 15) is 14.7 Å². The molecule has 0 bridgehead atoms. The van der Waals surface area contributed by atoms with Gasteiger partial charge in [-0.15, -0.1) is 0 Å². The highest BCUT2D eigenvalue weighted by Crippen LogP contribution is 2.45. The van der Waals surface area contributed by atoms with Crippen LogP contribution < -0.4 is 5.32 Å². The Bertz CT molecular complexity index is 2360. The number of benzene rings is 5. The quantitative estimate of drug-likeness (QED) is 0.0162. The van der Waals surface area contributed by atoms with Gasteiger partial charge < -0.3 is 38.7 Å². The third-order valence-corrected chi connectivity index (χ3v) is 11.7. The van der Waals surface area contributed by atoms with Crippen LogP contribution in [0.25, 0.3) is 21.6 Å². The number of carbonyl (C=O) groups is 2. The lowest BCUT2D eigenvalue weighted by molar-refractivity contribution is -0.126. The lowest BCUT2D eigenvalue weighted by Gasteiger charge is -2.37. The lowest BCUT2D eigenvalue weighted by atomic mass is 9.77. The number of carbonyl (C=O) groups excluding carboxylic acids is 1. The number of azide groups is 1. The fraction of sp³-hybridized carbons (Fsp3) is 0.327. The topological polar surface area (TPSA) is 182 Å². The molecule has 1 aliphatic rings. The van der Waals surface area contributed by atoms with Crippen LogP contribution in [0.1, 0.15) is 39.4 Å². The van der Waals surface area contributed by atoms with E-state index in [-0.39, 0.29) is 32.0 Å². The minimum atomic E-state index is -1.21. The zero-order valence-corrected chi connectivity index (χ0v) is 37.5. The molecule has 5 aromatic carbocycles. The molecule has 0 saturated heterocycles. The number of hydrogen-bond acceptors (Lipinski definition) is 9. The fourth-order valence-corrected chi connectivity index (χ4v) is 8.67. The normalized spacial score (nSPS) is 12.5. The van der Waals surface area contributed by atoms with Gasteiger partial charge in [-0.25, -0.2) is 9.78 Å². The van der Waals surface area contributed by atoms with Crippen LogP contribution in [0, 0.1) is 0 Å². The van der Waals surface area contributed by atoms with E-state index in [4.69, 9.17) is 34.2 Å². The summed E-state index contributed by atoms with van der Waals surface area (Å²) < 4.78 is 29.7. The van der Waals surface area contributed by atoms with Crippen LogP contribution in [0.3, 0.4) is 0 Å². The molecule has 0 unspecified atom stereocenters. The van der Waals surface area contributed by atoms with E-state index < -0.39 is 23.6 Å². The van der Waals surface area contributed by atoms with E-state index in [1.165, 1.54) is 4.90 Å². The van der Waals surface area contributed by atoms with Crippen LogP contribution >= 0.6 is 0 Å². The monoisotopic (exact) mass is 907 g/mol. The van der Waals surface area contributed by atoms with Gasteiger partial charge in [0.25, 0.3) is 0 Å². The van der Waals surface area contributed by atoms with Crippen LogP contribution in [0.15, 0.2) is 157 Å². The van der Waals surface area contributed by atoms with E-state index in [2.05, 4.69) is 68.4 Å². The summed E-state index contributed by atoms with van der Waals surface area (Å²) in [5, 5.41) is 17.4. The average Bonchev–Trinajstić information content (AvgIpc) is 3.97. The third-order valence-electron chi connectivity index (χ3n) is 11.7. The Morgan fingerprint density at radius 2 is 1.12 bits per heavy atom. The Kier molecular flexibility index (Phi) is 18.1. The summed E-state index contributed by atoms with van der Waals surface area (Å²) >= 11 is 0. The molecule has 2 N–H and O–H groups in total. The molecule has 15 nitrogen and oxygen atoms in total. The van der Waals surface area contributed by atoms with Gasteiger partial charge in [-0.3, -0.25) is 9.69 Å². The van der Waals surface area contributed by atoms with Crippen molar-refractivity contribution in [1.82, 2.24) is 19.8 Å². The summed E-state index contributed by atoms with van der Waals surface area (Å²) in [6.07, 6.45) is 2.53. The number of rotatable bonds is 28. The number of aromatic nitrogens is 2. The number of nitrogens with one attached hydrogen (secondary N) is 1. The fourth-order valence-electron chi connectivity index (χ4n) is 8.67. The van der Waals surface area contributed by atoms with Crippen LogP contribution in [-0.2, 0) is 40.4 Å². The summed E-state index contributed by atoms with van der Waals surface area (Å²) in [7, 11) is 0. The molecule has 15 heteroatoms. The molecule has 7 rings (SSSR count). The Labute approximate surface area is 390 Å². The number of nitrogens with zero attached hydrogens (tertiary/aromatic N) is 6. The van der Waals surface area contributed by atoms with Crippen molar-refractivity contribution in [1.29, 1.82) is 0 Å². The second kappa shape index (κ2) is 25.2. The molecule has 0 radical (unpaired) electrons. The van der Waals surface area contributed by atoms with Crippen molar-refractivity contribution >= 4 is 12.0 Å². The van der Waals surface area contributed by atoms with Gasteiger partial charge in [0.2, 0.25) is 5.91 Å². The SMILES string of the molecule is [N-]=[N+]=NCCOCCOCCOCCOCCOCCNC(=O)[C@H](Cc1cn(C(c2ccccc2)(c2ccccc2)c2ccccc2)cn1)N(CC1c2ccccc2-c2ccccc21)C(=O)O. The van der Waals surface area contributed by atoms with Crippen molar-refractivity contribution in [2.45, 2.75) is 23.9 Å². The second-order valence-electron chi connectivity index (χ2n) is 15.8. The van der Waals surface area contributed by atoms with E-state index in [0.29, 0.717) is 71.7 Å². The number of imidazole rings is 1. The molecule has 1 heterocycles. The molecule has 6 aromatic rings. The van der Waals surface area contributed by atoms with Crippen LogP contribution in [0.2, 0.25) is 0 Å². The zero-order chi connectivity index (χ0) is 46.5. The summed E-state index contributed by atoms with van der Waals surface area (Å²) in [5.74, 6) is -0.732. The highest BCUT2D eigenvalue weighted by molar-refractivity contribution is 5.86. The predicted octanol–water partition coefficient (Wildman–Crippen LogP) is 7.94. The van der Waals surface area contributed by atoms with Gasteiger partial charge in [-0.1, -0.05) is 145 Å². The standard InChI is InChI=1S/C52H57N7O8/c53-57-56-25-27-64-29-31-66-33-35-67-34-32-65-30-28-63-26-24-54-50(60)49(59(51(61)62)38-48-46-22-12-10-20-44(46)45-21-11-13-23-47(45)48)36-43-37-58(39-55-43)52(40-14-4-1-5-15-40,41-16-6-2-7-17-41)42-18-8-3-9-19-42/h1-23,37,39,48-49H,24-36,38H2,(H,54,60)(H,61,62)/t49-/m0/s1. The van der Waals surface area contributed by atoms with Crippen LogP contribution in [0.5, 0.6) is 0 Å². The van der Waals surface area contributed by atoms with E-state index in [1.54, 1.807) is 6.33 Å². The molecule has 0 aliphatic heterocycles. The predicted molar refractivity (Wildman–Crippen MR) is 254 cm³/mol. The van der Waals surface area contributed by atoms with Gasteiger partial charge in [0, 0.05) is 43.1 Å². The molecule has 1 aromatic heterocycles. The van der Waals surface area contributed by atoms with Crippen molar-refractivity contribution < 1.29 is 38.4 Å². The summed E-state index contributed by atoms with van der Waals surface area (Å²) in [5.41, 5.74) is 15.2. The number of carboxylic acid groups (broad SMARTS) is 1. The van der Waals surface area contributed by atoms with Gasteiger partial charge in [0.1, 0.15) is 11.6 Å². The number of ether oxygens (including phenoxy) is 5.